The average molecular weight is 453 g/mol. The summed E-state index contributed by atoms with van der Waals surface area (Å²) in [7, 11) is 0. The van der Waals surface area contributed by atoms with E-state index >= 15 is 0 Å². The molecule has 5 heteroatoms. The summed E-state index contributed by atoms with van der Waals surface area (Å²) in [6, 6.07) is 16.4. The number of aryl methyl sites for hydroxylation is 2. The third kappa shape index (κ3) is 7.13. The van der Waals surface area contributed by atoms with Crippen molar-refractivity contribution in [3.8, 4) is 0 Å². The molecule has 0 radical (unpaired) electrons. The van der Waals surface area contributed by atoms with Gasteiger partial charge >= 0.3 is 0 Å². The number of amides is 2. The quantitative estimate of drug-likeness (QED) is 0.525. The standard InChI is InChI=1S/C27H36N2O2S/c1-4-25(27(31)28-24-13-5-6-14-24)29(17-22-11-7-9-20(2)15-22)26(30)19-32-18-23-12-8-10-21(3)16-23/h7-12,15-16,24-25H,4-6,13-14,17-19H2,1-3H3,(H,28,31)/t25-/m0/s1. The summed E-state index contributed by atoms with van der Waals surface area (Å²) >= 11 is 1.61. The van der Waals surface area contributed by atoms with Gasteiger partial charge in [-0.05, 0) is 44.2 Å². The molecular formula is C27H36N2O2S. The molecule has 0 heterocycles. The second kappa shape index (κ2) is 12.1. The van der Waals surface area contributed by atoms with Gasteiger partial charge in [0.05, 0.1) is 5.75 Å². The molecule has 0 aromatic heterocycles. The van der Waals surface area contributed by atoms with Crippen molar-refractivity contribution < 1.29 is 9.59 Å². The first kappa shape index (κ1) is 24.4. The largest absolute Gasteiger partial charge is 0.352 e. The van der Waals surface area contributed by atoms with E-state index in [2.05, 4.69) is 55.6 Å². The third-order valence-electron chi connectivity index (χ3n) is 6.10. The monoisotopic (exact) mass is 452 g/mol. The average Bonchev–Trinajstić information content (AvgIpc) is 3.26. The van der Waals surface area contributed by atoms with E-state index < -0.39 is 6.04 Å². The highest BCUT2D eigenvalue weighted by atomic mass is 32.2. The Hall–Kier alpha value is -2.27. The van der Waals surface area contributed by atoms with Gasteiger partial charge in [-0.1, -0.05) is 79.4 Å². The molecule has 1 aliphatic carbocycles. The molecule has 1 fully saturated rings. The third-order valence-corrected chi connectivity index (χ3v) is 7.09. The van der Waals surface area contributed by atoms with Crippen LogP contribution in [0.25, 0.3) is 0 Å². The first-order valence-corrected chi connectivity index (χ1v) is 12.9. The highest BCUT2D eigenvalue weighted by molar-refractivity contribution is 7.99. The van der Waals surface area contributed by atoms with Crippen molar-refractivity contribution >= 4 is 23.6 Å². The van der Waals surface area contributed by atoms with Crippen molar-refractivity contribution in [3.05, 3.63) is 70.8 Å². The van der Waals surface area contributed by atoms with Gasteiger partial charge in [0.25, 0.3) is 0 Å². The summed E-state index contributed by atoms with van der Waals surface area (Å²) in [4.78, 5) is 28.3. The second-order valence-electron chi connectivity index (χ2n) is 8.91. The predicted octanol–water partition coefficient (Wildman–Crippen LogP) is 5.40. The summed E-state index contributed by atoms with van der Waals surface area (Å²) < 4.78 is 0. The number of carbonyl (C=O) groups excluding carboxylic acids is 2. The minimum absolute atomic E-state index is 0.0101. The lowest BCUT2D eigenvalue weighted by Crippen LogP contribution is -2.51. The van der Waals surface area contributed by atoms with Gasteiger partial charge in [0.15, 0.2) is 0 Å². The number of hydrogen-bond acceptors (Lipinski definition) is 3. The van der Waals surface area contributed by atoms with Gasteiger partial charge in [-0.15, -0.1) is 11.8 Å². The fourth-order valence-electron chi connectivity index (χ4n) is 4.44. The number of carbonyl (C=O) groups is 2. The first-order valence-electron chi connectivity index (χ1n) is 11.7. The molecule has 0 unspecified atom stereocenters. The van der Waals surface area contributed by atoms with Gasteiger partial charge in [0.2, 0.25) is 11.8 Å². The Bertz CT molecular complexity index is 908. The van der Waals surface area contributed by atoms with Crippen LogP contribution in [0.4, 0.5) is 0 Å². The number of hydrogen-bond donors (Lipinski definition) is 1. The van der Waals surface area contributed by atoms with Crippen molar-refractivity contribution in [3.63, 3.8) is 0 Å². The van der Waals surface area contributed by atoms with E-state index in [0.717, 1.165) is 29.7 Å². The van der Waals surface area contributed by atoms with Crippen LogP contribution >= 0.6 is 11.8 Å². The van der Waals surface area contributed by atoms with Crippen LogP contribution in [0.15, 0.2) is 48.5 Å². The van der Waals surface area contributed by atoms with E-state index in [-0.39, 0.29) is 17.9 Å². The molecule has 3 rings (SSSR count). The number of thioether (sulfide) groups is 1. The van der Waals surface area contributed by atoms with E-state index in [1.807, 2.05) is 19.1 Å². The Morgan fingerprint density at radius 1 is 1.03 bits per heavy atom. The molecule has 0 saturated heterocycles. The van der Waals surface area contributed by atoms with Crippen LogP contribution in [0.3, 0.4) is 0 Å². The van der Waals surface area contributed by atoms with Crippen LogP contribution < -0.4 is 5.32 Å². The molecule has 32 heavy (non-hydrogen) atoms. The normalized spacial score (nSPS) is 14.8. The van der Waals surface area contributed by atoms with Crippen LogP contribution in [0, 0.1) is 13.8 Å². The molecule has 2 aromatic rings. The molecule has 1 atom stereocenters. The Kier molecular flexibility index (Phi) is 9.22. The van der Waals surface area contributed by atoms with Gasteiger partial charge in [0, 0.05) is 18.3 Å². The highest BCUT2D eigenvalue weighted by Crippen LogP contribution is 2.21. The summed E-state index contributed by atoms with van der Waals surface area (Å²) in [6.45, 7) is 6.59. The zero-order chi connectivity index (χ0) is 22.9. The molecule has 1 aliphatic rings. The van der Waals surface area contributed by atoms with Crippen LogP contribution in [-0.2, 0) is 21.9 Å². The Labute approximate surface area is 197 Å². The zero-order valence-corrected chi connectivity index (χ0v) is 20.4. The van der Waals surface area contributed by atoms with E-state index in [4.69, 9.17) is 0 Å². The SMILES string of the molecule is CC[C@@H](C(=O)NC1CCCC1)N(Cc1cccc(C)c1)C(=O)CSCc1cccc(C)c1. The smallest absolute Gasteiger partial charge is 0.243 e. The van der Waals surface area contributed by atoms with Crippen molar-refractivity contribution in [1.29, 1.82) is 0 Å². The summed E-state index contributed by atoms with van der Waals surface area (Å²) in [5, 5.41) is 3.21. The predicted molar refractivity (Wildman–Crippen MR) is 134 cm³/mol. The lowest BCUT2D eigenvalue weighted by molar-refractivity contribution is -0.139. The molecule has 1 saturated carbocycles. The number of rotatable bonds is 10. The van der Waals surface area contributed by atoms with Crippen LogP contribution in [0.2, 0.25) is 0 Å². The summed E-state index contributed by atoms with van der Waals surface area (Å²) in [5.74, 6) is 1.17. The van der Waals surface area contributed by atoms with Gasteiger partial charge in [-0.25, -0.2) is 0 Å². The minimum Gasteiger partial charge on any atom is -0.352 e. The number of benzene rings is 2. The zero-order valence-electron chi connectivity index (χ0n) is 19.6. The summed E-state index contributed by atoms with van der Waals surface area (Å²) in [5.41, 5.74) is 4.67. The molecular weight excluding hydrogens is 416 g/mol. The molecule has 1 N–H and O–H groups in total. The maximum absolute atomic E-state index is 13.4. The van der Waals surface area contributed by atoms with Crippen LogP contribution in [-0.4, -0.2) is 34.6 Å². The van der Waals surface area contributed by atoms with E-state index in [1.165, 1.54) is 24.0 Å². The van der Waals surface area contributed by atoms with Crippen LogP contribution in [0.5, 0.6) is 0 Å². The fraction of sp³-hybridized carbons (Fsp3) is 0.481. The van der Waals surface area contributed by atoms with Crippen molar-refractivity contribution in [2.75, 3.05) is 5.75 Å². The van der Waals surface area contributed by atoms with E-state index in [1.54, 1.807) is 16.7 Å². The van der Waals surface area contributed by atoms with Gasteiger partial charge in [-0.2, -0.15) is 0 Å². The fourth-order valence-corrected chi connectivity index (χ4v) is 5.29. The van der Waals surface area contributed by atoms with Crippen LogP contribution in [0.1, 0.15) is 61.3 Å². The first-order chi connectivity index (χ1) is 15.5. The van der Waals surface area contributed by atoms with Gasteiger partial charge in [0.1, 0.15) is 6.04 Å². The van der Waals surface area contributed by atoms with Crippen molar-refractivity contribution in [2.45, 2.75) is 77.3 Å². The molecule has 0 bridgehead atoms. The minimum atomic E-state index is -0.441. The number of nitrogens with zero attached hydrogens (tertiary/aromatic N) is 1. The molecule has 0 aliphatic heterocycles. The molecule has 2 amide bonds. The Morgan fingerprint density at radius 2 is 1.66 bits per heavy atom. The molecule has 0 spiro atoms. The lowest BCUT2D eigenvalue weighted by atomic mass is 10.1. The van der Waals surface area contributed by atoms with Crippen molar-refractivity contribution in [2.24, 2.45) is 0 Å². The van der Waals surface area contributed by atoms with E-state index in [0.29, 0.717) is 18.7 Å². The highest BCUT2D eigenvalue weighted by Gasteiger charge is 2.30. The van der Waals surface area contributed by atoms with Gasteiger partial charge in [-0.3, -0.25) is 9.59 Å². The molecule has 172 valence electrons. The number of nitrogens with one attached hydrogen (secondary N) is 1. The van der Waals surface area contributed by atoms with E-state index in [9.17, 15) is 9.59 Å². The lowest BCUT2D eigenvalue weighted by Gasteiger charge is -2.31. The maximum Gasteiger partial charge on any atom is 0.243 e. The Morgan fingerprint density at radius 3 is 2.28 bits per heavy atom. The van der Waals surface area contributed by atoms with Gasteiger partial charge < -0.3 is 10.2 Å². The topological polar surface area (TPSA) is 49.4 Å². The molecule has 4 nitrogen and oxygen atoms in total. The second-order valence-corrected chi connectivity index (χ2v) is 9.89. The molecule has 2 aromatic carbocycles. The Balaban J connectivity index is 1.70. The summed E-state index contributed by atoms with van der Waals surface area (Å²) in [6.07, 6.45) is 5.03. The van der Waals surface area contributed by atoms with Crippen molar-refractivity contribution in [1.82, 2.24) is 10.2 Å². The maximum atomic E-state index is 13.4.